The molecule has 1 amide bonds. The minimum Gasteiger partial charge on any atom is -0.507 e. The molecule has 1 aliphatic rings. The molecule has 188 valence electrons. The summed E-state index contributed by atoms with van der Waals surface area (Å²) in [5.74, 6) is 0.408. The van der Waals surface area contributed by atoms with Crippen molar-refractivity contribution in [1.82, 2.24) is 9.80 Å². The fourth-order valence-electron chi connectivity index (χ4n) is 3.92. The van der Waals surface area contributed by atoms with E-state index in [0.29, 0.717) is 54.0 Å². The number of likely N-dealkylation sites (tertiary alicyclic amines) is 1. The zero-order valence-electron chi connectivity index (χ0n) is 21.2. The largest absolute Gasteiger partial charge is 0.507 e. The zero-order chi connectivity index (χ0) is 25.7. The second-order valence-electron chi connectivity index (χ2n) is 9.13. The molecule has 2 aromatic carbocycles. The first-order valence-corrected chi connectivity index (χ1v) is 11.6. The van der Waals surface area contributed by atoms with E-state index >= 15 is 0 Å². The highest BCUT2D eigenvalue weighted by Gasteiger charge is 2.47. The molecule has 8 nitrogen and oxygen atoms in total. The first-order valence-electron chi connectivity index (χ1n) is 11.6. The summed E-state index contributed by atoms with van der Waals surface area (Å²) in [5, 5.41) is 11.3. The van der Waals surface area contributed by atoms with Crippen molar-refractivity contribution in [1.29, 1.82) is 0 Å². The Kier molecular flexibility index (Phi) is 8.40. The summed E-state index contributed by atoms with van der Waals surface area (Å²) < 4.78 is 16.7. The Hall–Kier alpha value is -3.52. The highest BCUT2D eigenvalue weighted by Crippen LogP contribution is 2.43. The van der Waals surface area contributed by atoms with E-state index in [4.69, 9.17) is 14.2 Å². The van der Waals surface area contributed by atoms with Gasteiger partial charge in [0.2, 0.25) is 0 Å². The summed E-state index contributed by atoms with van der Waals surface area (Å²) in [6, 6.07) is 11.2. The normalized spacial score (nSPS) is 17.4. The Morgan fingerprint density at radius 3 is 2.26 bits per heavy atom. The van der Waals surface area contributed by atoms with Crippen LogP contribution >= 0.6 is 0 Å². The Morgan fingerprint density at radius 2 is 1.69 bits per heavy atom. The van der Waals surface area contributed by atoms with Crippen LogP contribution in [0.25, 0.3) is 5.76 Å². The zero-order valence-corrected chi connectivity index (χ0v) is 21.2. The number of hydrogen-bond acceptors (Lipinski definition) is 7. The van der Waals surface area contributed by atoms with Crippen LogP contribution in [0.4, 0.5) is 0 Å². The molecule has 1 fully saturated rings. The lowest BCUT2D eigenvalue weighted by molar-refractivity contribution is -0.140. The first kappa shape index (κ1) is 26.1. The van der Waals surface area contributed by atoms with E-state index in [-0.39, 0.29) is 11.3 Å². The highest BCUT2D eigenvalue weighted by molar-refractivity contribution is 6.46. The smallest absolute Gasteiger partial charge is 0.295 e. The average Bonchev–Trinajstić information content (AvgIpc) is 3.10. The predicted molar refractivity (Wildman–Crippen MR) is 134 cm³/mol. The number of nitrogens with zero attached hydrogens (tertiary/aromatic N) is 2. The van der Waals surface area contributed by atoms with Crippen molar-refractivity contribution in [3.63, 3.8) is 0 Å². The van der Waals surface area contributed by atoms with Gasteiger partial charge in [-0.25, -0.2) is 0 Å². The van der Waals surface area contributed by atoms with Gasteiger partial charge in [0, 0.05) is 24.2 Å². The lowest BCUT2D eigenvalue weighted by atomic mass is 9.94. The fraction of sp³-hybridized carbons (Fsp3) is 0.407. The molecule has 0 unspecified atom stereocenters. The van der Waals surface area contributed by atoms with Crippen molar-refractivity contribution in [2.45, 2.75) is 19.9 Å². The van der Waals surface area contributed by atoms with Crippen molar-refractivity contribution in [3.8, 4) is 17.2 Å². The Balaban J connectivity index is 2.12. The molecule has 0 bridgehead atoms. The van der Waals surface area contributed by atoms with Gasteiger partial charge < -0.3 is 29.1 Å². The van der Waals surface area contributed by atoms with Crippen molar-refractivity contribution < 1.29 is 28.9 Å². The van der Waals surface area contributed by atoms with Crippen LogP contribution in [0.1, 0.15) is 31.0 Å². The molecule has 0 aromatic heterocycles. The molecule has 0 aliphatic carbocycles. The Morgan fingerprint density at radius 1 is 1.03 bits per heavy atom. The van der Waals surface area contributed by atoms with E-state index in [1.165, 1.54) is 19.1 Å². The number of carbonyl (C=O) groups is 2. The molecule has 1 heterocycles. The summed E-state index contributed by atoms with van der Waals surface area (Å²) in [6.07, 6.45) is 0. The lowest BCUT2D eigenvalue weighted by Gasteiger charge is -2.28. The number of ketones is 1. The number of amides is 1. The number of hydrogen-bond donors (Lipinski definition) is 1. The molecule has 3 rings (SSSR count). The maximum atomic E-state index is 13.2. The maximum Gasteiger partial charge on any atom is 0.295 e. The Labute approximate surface area is 206 Å². The van der Waals surface area contributed by atoms with Crippen LogP contribution in [-0.2, 0) is 9.59 Å². The van der Waals surface area contributed by atoms with Crippen LogP contribution in [0.3, 0.4) is 0 Å². The van der Waals surface area contributed by atoms with Crippen LogP contribution in [-0.4, -0.2) is 74.6 Å². The van der Waals surface area contributed by atoms with Gasteiger partial charge in [0.1, 0.15) is 23.0 Å². The van der Waals surface area contributed by atoms with Gasteiger partial charge in [0.05, 0.1) is 32.4 Å². The molecule has 0 saturated carbocycles. The average molecular weight is 483 g/mol. The van der Waals surface area contributed by atoms with Gasteiger partial charge in [-0.1, -0.05) is 13.8 Å². The molecular weight excluding hydrogens is 448 g/mol. The van der Waals surface area contributed by atoms with Gasteiger partial charge >= 0.3 is 0 Å². The summed E-state index contributed by atoms with van der Waals surface area (Å²) in [4.78, 5) is 29.8. The number of methoxy groups -OCH3 is 2. The molecule has 35 heavy (non-hydrogen) atoms. The third-order valence-corrected chi connectivity index (χ3v) is 5.77. The second-order valence-corrected chi connectivity index (χ2v) is 9.13. The maximum absolute atomic E-state index is 13.2. The van der Waals surface area contributed by atoms with Crippen molar-refractivity contribution in [2.24, 2.45) is 5.92 Å². The van der Waals surface area contributed by atoms with Gasteiger partial charge in [-0.3, -0.25) is 9.59 Å². The third kappa shape index (κ3) is 5.77. The molecule has 1 N–H and O–H groups in total. The summed E-state index contributed by atoms with van der Waals surface area (Å²) in [5.41, 5.74) is 0.985. The molecule has 0 spiro atoms. The number of rotatable bonds is 10. The van der Waals surface area contributed by atoms with Gasteiger partial charge in [-0.15, -0.1) is 0 Å². The molecule has 1 atom stereocenters. The molecule has 1 saturated heterocycles. The molecule has 2 aromatic rings. The second kappa shape index (κ2) is 11.3. The fourth-order valence-corrected chi connectivity index (χ4v) is 3.92. The third-order valence-electron chi connectivity index (χ3n) is 5.77. The van der Waals surface area contributed by atoms with Crippen LogP contribution in [0.2, 0.25) is 0 Å². The van der Waals surface area contributed by atoms with E-state index < -0.39 is 17.7 Å². The van der Waals surface area contributed by atoms with Gasteiger partial charge in [-0.05, 0) is 62.5 Å². The van der Waals surface area contributed by atoms with E-state index in [0.717, 1.165) is 0 Å². The van der Waals surface area contributed by atoms with E-state index in [1.54, 1.807) is 42.5 Å². The van der Waals surface area contributed by atoms with Crippen LogP contribution in [0.15, 0.2) is 48.0 Å². The van der Waals surface area contributed by atoms with Crippen molar-refractivity contribution in [3.05, 3.63) is 59.2 Å². The van der Waals surface area contributed by atoms with Gasteiger partial charge in [0.15, 0.2) is 0 Å². The predicted octanol–water partition coefficient (Wildman–Crippen LogP) is 3.72. The standard InChI is InChI=1S/C27H34N2O6/c1-17(2)16-35-19-9-7-18(8-10-19)25(30)23-24(21-15-20(33-5)11-12-22(21)34-6)29(14-13-28(3)4)27(32)26(23)31/h7-12,15,17,24,30H,13-14,16H2,1-6H3/t24-/m1/s1. The van der Waals surface area contributed by atoms with E-state index in [1.807, 2.05) is 19.0 Å². The van der Waals surface area contributed by atoms with E-state index in [9.17, 15) is 14.7 Å². The number of Topliss-reactive ketones (excluding diaryl/α,β-unsaturated/α-hetero) is 1. The molecule has 0 radical (unpaired) electrons. The minimum atomic E-state index is -0.836. The molecular formula is C27H34N2O6. The Bertz CT molecular complexity index is 1090. The molecule has 8 heteroatoms. The number of aliphatic hydroxyl groups excluding tert-OH is 1. The lowest BCUT2D eigenvalue weighted by Crippen LogP contribution is -2.35. The number of ether oxygens (including phenoxy) is 3. The monoisotopic (exact) mass is 482 g/mol. The summed E-state index contributed by atoms with van der Waals surface area (Å²) in [7, 11) is 6.84. The molecule has 1 aliphatic heterocycles. The minimum absolute atomic E-state index is 0.0103. The number of likely N-dealkylation sites (N-methyl/N-ethyl adjacent to an activating group) is 1. The number of aliphatic hydroxyl groups is 1. The van der Waals surface area contributed by atoms with E-state index in [2.05, 4.69) is 13.8 Å². The van der Waals surface area contributed by atoms with Crippen LogP contribution in [0, 0.1) is 5.92 Å². The number of benzene rings is 2. The van der Waals surface area contributed by atoms with Gasteiger partial charge in [0.25, 0.3) is 11.7 Å². The SMILES string of the molecule is COc1ccc(OC)c([C@@H]2C(=C(O)c3ccc(OCC(C)C)cc3)C(=O)C(=O)N2CCN(C)C)c1. The topological polar surface area (TPSA) is 88.5 Å². The van der Waals surface area contributed by atoms with Crippen LogP contribution in [0.5, 0.6) is 17.2 Å². The van der Waals surface area contributed by atoms with Crippen LogP contribution < -0.4 is 14.2 Å². The summed E-state index contributed by atoms with van der Waals surface area (Å²) in [6.45, 7) is 5.52. The van der Waals surface area contributed by atoms with Crippen molar-refractivity contribution in [2.75, 3.05) is 48.0 Å². The number of carbonyl (C=O) groups excluding carboxylic acids is 2. The highest BCUT2D eigenvalue weighted by atomic mass is 16.5. The first-order chi connectivity index (χ1) is 16.7. The van der Waals surface area contributed by atoms with Gasteiger partial charge in [-0.2, -0.15) is 0 Å². The van der Waals surface area contributed by atoms with Crippen molar-refractivity contribution >= 4 is 17.4 Å². The quantitative estimate of drug-likeness (QED) is 0.314. The summed E-state index contributed by atoms with van der Waals surface area (Å²) >= 11 is 0.